The van der Waals surface area contributed by atoms with E-state index in [-0.39, 0.29) is 5.92 Å². The van der Waals surface area contributed by atoms with Crippen LogP contribution in [-0.4, -0.2) is 22.6 Å². The maximum absolute atomic E-state index is 8.91. The standard InChI is InChI=1S/C34H41N3O2.2C2H6.C2H4/c1-9-26-13-14-31-23(6)20(3)16-30(25(8)35-31)34-27(12-11-15-39-38)18-28(36-34)19-32-24(7)29(10-2)33(37-32)17-21(4)22(26)5;3*1-2/h10,13-14,17,19,27,35,37-38H,2-4,8-9,11-12,15-16,18H2,1,5-7H3;2*1-2H3;1-2H2/b14-13+,26-22-,32-19-,33-17-,34-30-;;;. The molecule has 0 radical (unpaired) electrons. The highest BCUT2D eigenvalue weighted by Crippen LogP contribution is 2.38. The maximum Gasteiger partial charge on any atom is 0.0820 e. The van der Waals surface area contributed by atoms with Gasteiger partial charge in [-0.3, -0.25) is 10.2 Å². The Labute approximate surface area is 272 Å². The first kappa shape index (κ1) is 39.1. The first-order chi connectivity index (χ1) is 21.7. The Hall–Kier alpha value is -3.93. The van der Waals surface area contributed by atoms with E-state index in [1.54, 1.807) is 0 Å². The zero-order valence-corrected chi connectivity index (χ0v) is 29.3. The molecule has 0 aliphatic carbocycles. The SMILES string of the molecule is C=C.C=Cc1c(C)/c2[nH]/c1=C\C(=C)/C(C)=C(CC)\C=C\C1=C(C)C(=C)C/C(=C3N=C(\C=2)CC/3CCCOO)C(=C)N1.CC.CC. The van der Waals surface area contributed by atoms with Crippen LogP contribution < -0.4 is 16.0 Å². The van der Waals surface area contributed by atoms with Gasteiger partial charge in [0, 0.05) is 57.0 Å². The van der Waals surface area contributed by atoms with Gasteiger partial charge in [-0.25, -0.2) is 4.89 Å². The highest BCUT2D eigenvalue weighted by Gasteiger charge is 2.29. The van der Waals surface area contributed by atoms with Crippen LogP contribution in [0, 0.1) is 12.8 Å². The summed E-state index contributed by atoms with van der Waals surface area (Å²) in [6.45, 7) is 40.2. The van der Waals surface area contributed by atoms with Gasteiger partial charge >= 0.3 is 0 Å². The Kier molecular flexibility index (Phi) is 16.9. The number of hydrogen-bond acceptors (Lipinski definition) is 4. The van der Waals surface area contributed by atoms with Gasteiger partial charge in [0.25, 0.3) is 0 Å². The third-order valence-corrected chi connectivity index (χ3v) is 8.17. The van der Waals surface area contributed by atoms with E-state index in [4.69, 9.17) is 10.2 Å². The van der Waals surface area contributed by atoms with Gasteiger partial charge in [-0.15, -0.1) is 13.2 Å². The van der Waals surface area contributed by atoms with Crippen molar-refractivity contribution in [2.75, 3.05) is 6.61 Å². The molecular formula is C40H57N3O2. The van der Waals surface area contributed by atoms with Crippen LogP contribution in [0.5, 0.6) is 0 Å². The summed E-state index contributed by atoms with van der Waals surface area (Å²) in [7, 11) is 0. The van der Waals surface area contributed by atoms with Crippen LogP contribution >= 0.6 is 0 Å². The smallest absolute Gasteiger partial charge is 0.0820 e. The molecule has 0 spiro atoms. The third kappa shape index (κ3) is 9.53. The highest BCUT2D eigenvalue weighted by molar-refractivity contribution is 6.12. The van der Waals surface area contributed by atoms with E-state index in [0.717, 1.165) is 98.2 Å². The number of nitrogens with zero attached hydrogens (tertiary/aromatic N) is 1. The van der Waals surface area contributed by atoms with E-state index in [9.17, 15) is 0 Å². The highest BCUT2D eigenvalue weighted by atomic mass is 17.1. The summed E-state index contributed by atoms with van der Waals surface area (Å²) >= 11 is 0. The van der Waals surface area contributed by atoms with Gasteiger partial charge in [0.15, 0.2) is 0 Å². The first-order valence-corrected chi connectivity index (χ1v) is 16.2. The predicted octanol–water partition coefficient (Wildman–Crippen LogP) is 9.56. The average molecular weight is 612 g/mol. The molecule has 5 heteroatoms. The van der Waals surface area contributed by atoms with Crippen LogP contribution in [0.15, 0.2) is 107 Å². The van der Waals surface area contributed by atoms with Crippen molar-refractivity contribution in [2.45, 2.75) is 87.5 Å². The molecule has 3 aliphatic rings. The maximum atomic E-state index is 8.91. The van der Waals surface area contributed by atoms with Crippen molar-refractivity contribution in [2.24, 2.45) is 10.9 Å². The summed E-state index contributed by atoms with van der Waals surface area (Å²) in [5.41, 5.74) is 12.7. The second-order valence-electron chi connectivity index (χ2n) is 10.6. The van der Waals surface area contributed by atoms with Crippen LogP contribution in [0.1, 0.15) is 91.7 Å². The Bertz CT molecular complexity index is 1540. The summed E-state index contributed by atoms with van der Waals surface area (Å²) in [6.07, 6.45) is 14.4. The minimum Gasteiger partial charge on any atom is -0.355 e. The van der Waals surface area contributed by atoms with E-state index in [0.29, 0.717) is 13.0 Å². The molecule has 1 aromatic heterocycles. The number of aromatic amines is 1. The van der Waals surface area contributed by atoms with Gasteiger partial charge in [-0.1, -0.05) is 73.1 Å². The number of hydrogen-bond donors (Lipinski definition) is 3. The number of aromatic nitrogens is 1. The lowest BCUT2D eigenvalue weighted by atomic mass is 9.90. The number of allylic oxidation sites excluding steroid dienone is 9. The first-order valence-electron chi connectivity index (χ1n) is 16.2. The molecule has 0 aromatic carbocycles. The molecule has 0 fully saturated rings. The minimum absolute atomic E-state index is 0.196. The fourth-order valence-corrected chi connectivity index (χ4v) is 5.59. The average Bonchev–Trinajstić information content (AvgIpc) is 3.56. The molecule has 3 aliphatic heterocycles. The van der Waals surface area contributed by atoms with E-state index in [1.165, 1.54) is 5.57 Å². The molecule has 1 atom stereocenters. The topological polar surface area (TPSA) is 69.6 Å². The van der Waals surface area contributed by atoms with Gasteiger partial charge < -0.3 is 10.3 Å². The number of aliphatic imine (C=N–C) groups is 1. The zero-order chi connectivity index (χ0) is 34.3. The largest absolute Gasteiger partial charge is 0.355 e. The molecule has 4 rings (SSSR count). The Morgan fingerprint density at radius 1 is 1.00 bits per heavy atom. The molecular weight excluding hydrogens is 554 g/mol. The normalized spacial score (nSPS) is 23.2. The third-order valence-electron chi connectivity index (χ3n) is 8.17. The molecule has 0 saturated carbocycles. The lowest BCUT2D eigenvalue weighted by molar-refractivity contribution is -0.243. The molecule has 1 aromatic rings. The van der Waals surface area contributed by atoms with Crippen molar-refractivity contribution in [3.8, 4) is 0 Å². The van der Waals surface area contributed by atoms with E-state index >= 15 is 0 Å². The number of fused-ring (bicyclic) bond motifs is 6. The van der Waals surface area contributed by atoms with Crippen LogP contribution in [0.3, 0.4) is 0 Å². The lowest BCUT2D eigenvalue weighted by Crippen LogP contribution is -2.14. The molecule has 244 valence electrons. The molecule has 5 nitrogen and oxygen atoms in total. The molecule has 0 saturated heterocycles. The van der Waals surface area contributed by atoms with Gasteiger partial charge in [-0.05, 0) is 98.1 Å². The van der Waals surface area contributed by atoms with Crippen molar-refractivity contribution in [3.63, 3.8) is 0 Å². The Morgan fingerprint density at radius 3 is 2.27 bits per heavy atom. The van der Waals surface area contributed by atoms with Gasteiger partial charge in [0.05, 0.1) is 6.61 Å². The van der Waals surface area contributed by atoms with Crippen molar-refractivity contribution in [1.29, 1.82) is 0 Å². The predicted molar refractivity (Wildman–Crippen MR) is 198 cm³/mol. The van der Waals surface area contributed by atoms with Crippen molar-refractivity contribution >= 4 is 23.9 Å². The summed E-state index contributed by atoms with van der Waals surface area (Å²) in [5.74, 6) is 0.196. The second kappa shape index (κ2) is 19.5. The Balaban J connectivity index is 0.00000159. The number of nitrogens with one attached hydrogen (secondary N) is 2. The van der Waals surface area contributed by atoms with E-state index in [1.807, 2.05) is 33.8 Å². The molecule has 0 amide bonds. The molecule has 6 bridgehead atoms. The van der Waals surface area contributed by atoms with Gasteiger partial charge in [-0.2, -0.15) is 0 Å². The monoisotopic (exact) mass is 611 g/mol. The summed E-state index contributed by atoms with van der Waals surface area (Å²) in [6, 6.07) is 0. The molecule has 3 N–H and O–H groups in total. The summed E-state index contributed by atoms with van der Waals surface area (Å²) < 4.78 is 0. The van der Waals surface area contributed by atoms with Crippen LogP contribution in [0.25, 0.3) is 18.2 Å². The number of H-pyrrole nitrogens is 1. The molecule has 4 heterocycles. The van der Waals surface area contributed by atoms with Crippen LogP contribution in [0.2, 0.25) is 0 Å². The second-order valence-corrected chi connectivity index (χ2v) is 10.6. The number of rotatable bonds is 6. The van der Waals surface area contributed by atoms with E-state index in [2.05, 4.69) is 107 Å². The van der Waals surface area contributed by atoms with Crippen molar-refractivity contribution in [3.05, 3.63) is 124 Å². The fraction of sp³-hybridized carbons (Fsp3) is 0.375. The molecule has 1 unspecified atom stereocenters. The fourth-order valence-electron chi connectivity index (χ4n) is 5.59. The summed E-state index contributed by atoms with van der Waals surface area (Å²) in [5, 5.41) is 14.5. The lowest BCUT2D eigenvalue weighted by Gasteiger charge is -2.17. The molecule has 45 heavy (non-hydrogen) atoms. The van der Waals surface area contributed by atoms with Crippen molar-refractivity contribution in [1.82, 2.24) is 10.3 Å². The van der Waals surface area contributed by atoms with Crippen LogP contribution in [-0.2, 0) is 4.89 Å². The van der Waals surface area contributed by atoms with E-state index < -0.39 is 0 Å². The van der Waals surface area contributed by atoms with Gasteiger partial charge in [0.1, 0.15) is 0 Å². The quantitative estimate of drug-likeness (QED) is 0.130. The van der Waals surface area contributed by atoms with Gasteiger partial charge in [0.2, 0.25) is 0 Å². The Morgan fingerprint density at radius 2 is 1.67 bits per heavy atom. The zero-order valence-electron chi connectivity index (χ0n) is 29.3. The van der Waals surface area contributed by atoms with Crippen molar-refractivity contribution < 1.29 is 10.1 Å². The van der Waals surface area contributed by atoms with Crippen LogP contribution in [0.4, 0.5) is 0 Å². The minimum atomic E-state index is 0.196. The summed E-state index contributed by atoms with van der Waals surface area (Å²) in [4.78, 5) is 13.2.